The van der Waals surface area contributed by atoms with Crippen molar-refractivity contribution in [2.24, 2.45) is 0 Å². The zero-order valence-electron chi connectivity index (χ0n) is 18.5. The van der Waals surface area contributed by atoms with Crippen LogP contribution in [0.3, 0.4) is 0 Å². The molecule has 0 radical (unpaired) electrons. The van der Waals surface area contributed by atoms with E-state index < -0.39 is 22.6 Å². The molecule has 0 bridgehead atoms. The van der Waals surface area contributed by atoms with E-state index >= 15 is 0 Å². The fourth-order valence-corrected chi connectivity index (χ4v) is 2.83. The highest BCUT2D eigenvalue weighted by Gasteiger charge is 2.14. The highest BCUT2D eigenvalue weighted by molar-refractivity contribution is 5.76. The fraction of sp³-hybridized carbons (Fsp3) is 0.429. The van der Waals surface area contributed by atoms with Gasteiger partial charge in [-0.2, -0.15) is 0 Å². The average molecular weight is 447 g/mol. The summed E-state index contributed by atoms with van der Waals surface area (Å²) in [5, 5.41) is 18.9. The predicted octanol–water partition coefficient (Wildman–Crippen LogP) is -1.03. The van der Waals surface area contributed by atoms with E-state index in [2.05, 4.69) is 0 Å². The highest BCUT2D eigenvalue weighted by atomic mass is 16.3. The minimum Gasteiger partial charge on any atom is -0.503 e. The minimum atomic E-state index is -0.618. The summed E-state index contributed by atoms with van der Waals surface area (Å²) in [4.78, 5) is 53.3. The summed E-state index contributed by atoms with van der Waals surface area (Å²) in [6.07, 6.45) is 2.88. The summed E-state index contributed by atoms with van der Waals surface area (Å²) < 4.78 is 2.30. The molecule has 0 saturated carbocycles. The second-order valence-corrected chi connectivity index (χ2v) is 7.59. The number of aromatic nitrogens is 2. The minimum absolute atomic E-state index is 0.168. The highest BCUT2D eigenvalue weighted by Crippen LogP contribution is 2.00. The normalized spacial score (nSPS) is 10.9. The lowest BCUT2D eigenvalue weighted by Gasteiger charge is -2.25. The molecule has 0 aliphatic rings. The van der Waals surface area contributed by atoms with Gasteiger partial charge in [-0.15, -0.1) is 0 Å². The van der Waals surface area contributed by atoms with Crippen molar-refractivity contribution in [3.05, 3.63) is 57.4 Å². The Morgan fingerprint density at radius 1 is 0.750 bits per heavy atom. The first-order valence-corrected chi connectivity index (χ1v) is 10.0. The number of aromatic hydroxyl groups is 2. The lowest BCUT2D eigenvalue weighted by molar-refractivity contribution is -0.131. The molecule has 32 heavy (non-hydrogen) atoms. The Morgan fingerprint density at radius 2 is 1.12 bits per heavy atom. The summed E-state index contributed by atoms with van der Waals surface area (Å²) in [5.74, 6) is -1.35. The molecule has 2 rings (SSSR count). The van der Waals surface area contributed by atoms with Crippen LogP contribution in [0.4, 0.5) is 0 Å². The first-order chi connectivity index (χ1) is 15.1. The fourth-order valence-electron chi connectivity index (χ4n) is 2.83. The summed E-state index contributed by atoms with van der Waals surface area (Å²) in [7, 11) is 5.12. The number of hydrogen-bond donors (Lipinski definition) is 2. The molecule has 0 saturated heterocycles. The van der Waals surface area contributed by atoms with Crippen molar-refractivity contribution in [2.75, 3.05) is 47.3 Å². The second-order valence-electron chi connectivity index (χ2n) is 7.59. The Hall–Kier alpha value is -3.60. The van der Waals surface area contributed by atoms with Gasteiger partial charge in [0.1, 0.15) is 13.1 Å². The van der Waals surface area contributed by atoms with Gasteiger partial charge >= 0.3 is 0 Å². The summed E-state index contributed by atoms with van der Waals surface area (Å²) in [6, 6.07) is 5.52. The number of amides is 2. The number of likely N-dealkylation sites (N-methyl/N-ethyl adjacent to an activating group) is 3. The van der Waals surface area contributed by atoms with Crippen molar-refractivity contribution in [3.8, 4) is 11.5 Å². The first-order valence-electron chi connectivity index (χ1n) is 10.0. The summed E-state index contributed by atoms with van der Waals surface area (Å²) >= 11 is 0. The van der Waals surface area contributed by atoms with Crippen molar-refractivity contribution in [3.63, 3.8) is 0 Å². The molecule has 174 valence electrons. The van der Waals surface area contributed by atoms with Crippen molar-refractivity contribution in [1.82, 2.24) is 23.8 Å². The monoisotopic (exact) mass is 447 g/mol. The van der Waals surface area contributed by atoms with Gasteiger partial charge in [-0.25, -0.2) is 0 Å². The molecule has 0 aliphatic heterocycles. The number of pyridine rings is 2. The molecule has 0 aliphatic carbocycles. The maximum Gasteiger partial charge on any atom is 0.293 e. The quantitative estimate of drug-likeness (QED) is 0.477. The SMILES string of the molecule is CN(CCN(C)C(=O)Cn1cccc(O)c1=O)CCN(C)C(=O)Cn1cccc(O)c1=O. The number of hydrogen-bond acceptors (Lipinski definition) is 7. The molecule has 2 aromatic heterocycles. The van der Waals surface area contributed by atoms with E-state index in [1.165, 1.54) is 46.5 Å². The summed E-state index contributed by atoms with van der Waals surface area (Å²) in [5.41, 5.74) is -1.24. The van der Waals surface area contributed by atoms with Crippen LogP contribution < -0.4 is 11.1 Å². The molecular weight excluding hydrogens is 418 g/mol. The number of carbonyl (C=O) groups is 2. The van der Waals surface area contributed by atoms with Crippen LogP contribution in [-0.2, 0) is 22.7 Å². The largest absolute Gasteiger partial charge is 0.503 e. The smallest absolute Gasteiger partial charge is 0.293 e. The molecule has 11 nitrogen and oxygen atoms in total. The van der Waals surface area contributed by atoms with Crippen LogP contribution >= 0.6 is 0 Å². The van der Waals surface area contributed by atoms with Crippen molar-refractivity contribution >= 4 is 11.8 Å². The zero-order chi connectivity index (χ0) is 23.8. The Labute approximate surface area is 185 Å². The van der Waals surface area contributed by atoms with Crippen LogP contribution in [0.25, 0.3) is 0 Å². The van der Waals surface area contributed by atoms with E-state index in [-0.39, 0.29) is 24.9 Å². The van der Waals surface area contributed by atoms with Crippen LogP contribution in [0.2, 0.25) is 0 Å². The molecule has 2 amide bonds. The molecule has 11 heteroatoms. The molecule has 2 heterocycles. The lowest BCUT2D eigenvalue weighted by Crippen LogP contribution is -2.41. The lowest BCUT2D eigenvalue weighted by atomic mass is 10.4. The molecule has 0 spiro atoms. The number of rotatable bonds is 10. The predicted molar refractivity (Wildman–Crippen MR) is 118 cm³/mol. The molecule has 0 fully saturated rings. The Kier molecular flexibility index (Phi) is 8.59. The topological polar surface area (TPSA) is 128 Å². The average Bonchev–Trinajstić information content (AvgIpc) is 2.76. The van der Waals surface area contributed by atoms with Gasteiger partial charge < -0.3 is 34.0 Å². The van der Waals surface area contributed by atoms with Crippen LogP contribution in [0.5, 0.6) is 11.5 Å². The van der Waals surface area contributed by atoms with Gasteiger partial charge in [0, 0.05) is 52.7 Å². The van der Waals surface area contributed by atoms with Gasteiger partial charge in [-0.05, 0) is 31.3 Å². The van der Waals surface area contributed by atoms with Gasteiger partial charge in [-0.1, -0.05) is 0 Å². The standard InChI is InChI=1S/C21H29N5O6/c1-22(10-12-23(2)18(29)14-25-8-4-6-16(27)20(25)31)11-13-24(3)19(30)15-26-9-5-7-17(28)21(26)32/h4-9,27-28H,10-15H2,1-3H3. The summed E-state index contributed by atoms with van der Waals surface area (Å²) in [6.45, 7) is 1.59. The van der Waals surface area contributed by atoms with Crippen molar-refractivity contribution in [1.29, 1.82) is 0 Å². The van der Waals surface area contributed by atoms with Gasteiger partial charge in [0.25, 0.3) is 11.1 Å². The second kappa shape index (κ2) is 11.1. The van der Waals surface area contributed by atoms with E-state index in [0.717, 1.165) is 9.13 Å². The number of carbonyl (C=O) groups excluding carboxylic acids is 2. The van der Waals surface area contributed by atoms with Crippen molar-refractivity contribution < 1.29 is 19.8 Å². The van der Waals surface area contributed by atoms with Gasteiger partial charge in [0.05, 0.1) is 0 Å². The van der Waals surface area contributed by atoms with Crippen LogP contribution in [-0.4, -0.2) is 93.2 Å². The molecule has 0 unspecified atom stereocenters. The number of nitrogens with zero attached hydrogens (tertiary/aromatic N) is 5. The maximum absolute atomic E-state index is 12.3. The van der Waals surface area contributed by atoms with E-state index in [9.17, 15) is 29.4 Å². The molecule has 2 aromatic rings. The molecular formula is C21H29N5O6. The third-order valence-corrected chi connectivity index (χ3v) is 5.10. The Balaban J connectivity index is 1.76. The van der Waals surface area contributed by atoms with Crippen LogP contribution in [0, 0.1) is 0 Å². The third kappa shape index (κ3) is 6.71. The Bertz CT molecular complexity index is 980. The van der Waals surface area contributed by atoms with Crippen LogP contribution in [0.1, 0.15) is 0 Å². The first kappa shape index (κ1) is 24.7. The maximum atomic E-state index is 12.3. The van der Waals surface area contributed by atoms with Crippen molar-refractivity contribution in [2.45, 2.75) is 13.1 Å². The van der Waals surface area contributed by atoms with E-state index in [0.29, 0.717) is 26.2 Å². The van der Waals surface area contributed by atoms with Gasteiger partial charge in [-0.3, -0.25) is 19.2 Å². The Morgan fingerprint density at radius 3 is 1.50 bits per heavy atom. The molecule has 2 N–H and O–H groups in total. The zero-order valence-corrected chi connectivity index (χ0v) is 18.5. The van der Waals surface area contributed by atoms with E-state index in [4.69, 9.17) is 0 Å². The molecule has 0 atom stereocenters. The third-order valence-electron chi connectivity index (χ3n) is 5.10. The van der Waals surface area contributed by atoms with E-state index in [1.807, 2.05) is 11.9 Å². The van der Waals surface area contributed by atoms with Crippen LogP contribution in [0.15, 0.2) is 46.2 Å². The van der Waals surface area contributed by atoms with Gasteiger partial charge in [0.15, 0.2) is 11.5 Å². The molecule has 0 aromatic carbocycles. The van der Waals surface area contributed by atoms with Gasteiger partial charge in [0.2, 0.25) is 11.8 Å². The van der Waals surface area contributed by atoms with E-state index in [1.54, 1.807) is 14.1 Å².